The Hall–Kier alpha value is -4.09. The van der Waals surface area contributed by atoms with Gasteiger partial charge in [-0.15, -0.1) is 0 Å². The number of nitrogens with one attached hydrogen (secondary N) is 2. The molecule has 1 saturated heterocycles. The Labute approximate surface area is 304 Å². The van der Waals surface area contributed by atoms with Crippen molar-refractivity contribution in [3.63, 3.8) is 0 Å². The number of rotatable bonds is 14. The number of likely N-dealkylation sites (N-methyl/N-ethyl adjacent to an activating group) is 1. The lowest BCUT2D eigenvalue weighted by atomic mass is 9.84. The zero-order valence-corrected chi connectivity index (χ0v) is 32.1. The Morgan fingerprint density at radius 2 is 1.86 bits per heavy atom. The van der Waals surface area contributed by atoms with Gasteiger partial charge in [-0.2, -0.15) is 0 Å². The van der Waals surface area contributed by atoms with Crippen molar-refractivity contribution in [2.45, 2.75) is 85.9 Å². The maximum Gasteiger partial charge on any atom is 0.293 e. The predicted octanol–water partition coefficient (Wildman–Crippen LogP) is 7.12. The van der Waals surface area contributed by atoms with Crippen LogP contribution in [-0.4, -0.2) is 79.4 Å². The van der Waals surface area contributed by atoms with E-state index in [0.717, 1.165) is 69.4 Å². The number of aromatic nitrogens is 2. The lowest BCUT2D eigenvalue weighted by Gasteiger charge is -2.25. The Morgan fingerprint density at radius 3 is 2.45 bits per heavy atom. The van der Waals surface area contributed by atoms with Gasteiger partial charge in [0.05, 0.1) is 24.4 Å². The van der Waals surface area contributed by atoms with E-state index in [1.807, 2.05) is 39.1 Å². The molecule has 2 aromatic carbocycles. The van der Waals surface area contributed by atoms with E-state index in [-0.39, 0.29) is 29.9 Å². The van der Waals surface area contributed by atoms with E-state index in [0.29, 0.717) is 19.3 Å². The molecule has 0 saturated carbocycles. The molecule has 1 aliphatic heterocycles. The van der Waals surface area contributed by atoms with Gasteiger partial charge in [0, 0.05) is 68.1 Å². The van der Waals surface area contributed by atoms with Gasteiger partial charge in [-0.3, -0.25) is 15.2 Å². The third-order valence-corrected chi connectivity index (χ3v) is 9.19. The minimum atomic E-state index is -0.344. The first kappa shape index (κ1) is 41.3. The number of ether oxygens (including phenoxy) is 2. The van der Waals surface area contributed by atoms with Gasteiger partial charge in [0.15, 0.2) is 0 Å². The van der Waals surface area contributed by atoms with Gasteiger partial charge in [0.1, 0.15) is 12.0 Å². The minimum Gasteiger partial charge on any atom is -0.508 e. The highest BCUT2D eigenvalue weighted by Gasteiger charge is 2.28. The number of aromatic hydroxyl groups is 1. The summed E-state index contributed by atoms with van der Waals surface area (Å²) in [6.07, 6.45) is 8.23. The normalized spacial score (nSPS) is 14.5. The van der Waals surface area contributed by atoms with Gasteiger partial charge in [0.2, 0.25) is 0 Å². The summed E-state index contributed by atoms with van der Waals surface area (Å²) in [6, 6.07) is 13.5. The van der Waals surface area contributed by atoms with Crippen molar-refractivity contribution in [1.29, 1.82) is 0 Å². The molecule has 10 nitrogen and oxygen atoms in total. The summed E-state index contributed by atoms with van der Waals surface area (Å²) in [7, 11) is 5.53. The zero-order valence-electron chi connectivity index (χ0n) is 32.1. The van der Waals surface area contributed by atoms with Gasteiger partial charge in [-0.1, -0.05) is 39.8 Å². The van der Waals surface area contributed by atoms with Crippen molar-refractivity contribution >= 4 is 23.7 Å². The summed E-state index contributed by atoms with van der Waals surface area (Å²) in [5, 5.41) is 16.8. The Morgan fingerprint density at radius 1 is 1.10 bits per heavy atom. The van der Waals surface area contributed by atoms with Gasteiger partial charge < -0.3 is 29.3 Å². The number of carbonyl (C=O) groups is 2. The number of methoxy groups -OCH3 is 1. The molecule has 3 heterocycles. The molecule has 0 radical (unpaired) electrons. The van der Waals surface area contributed by atoms with E-state index >= 15 is 0 Å². The topological polar surface area (TPSA) is 118 Å². The second-order valence-electron chi connectivity index (χ2n) is 13.6. The number of nitrogens with zero attached hydrogens (tertiary/aromatic N) is 3. The maximum absolute atomic E-state index is 11.4. The molecule has 1 fully saturated rings. The summed E-state index contributed by atoms with van der Waals surface area (Å²) >= 11 is 0. The smallest absolute Gasteiger partial charge is 0.293 e. The Bertz CT molecular complexity index is 1700. The van der Waals surface area contributed by atoms with Crippen LogP contribution in [0, 0.1) is 5.41 Å². The number of phenols is 1. The number of pyridine rings is 1. The number of benzene rings is 2. The second kappa shape index (κ2) is 20.1. The molecule has 2 unspecified atom stereocenters. The van der Waals surface area contributed by atoms with Crippen molar-refractivity contribution in [2.75, 3.05) is 40.9 Å². The van der Waals surface area contributed by atoms with Crippen molar-refractivity contribution in [3.05, 3.63) is 71.5 Å². The lowest BCUT2D eigenvalue weighted by molar-refractivity contribution is -0.131. The highest BCUT2D eigenvalue weighted by atomic mass is 16.5. The minimum absolute atomic E-state index is 0.139. The fraction of sp³-hybridized carbons (Fsp3) is 0.488. The Kier molecular flexibility index (Phi) is 16.3. The summed E-state index contributed by atoms with van der Waals surface area (Å²) in [5.74, 6) is 0.149. The average molecular weight is 702 g/mol. The molecule has 1 aliphatic rings. The number of hydrazine groups is 1. The third-order valence-electron chi connectivity index (χ3n) is 9.19. The molecule has 51 heavy (non-hydrogen) atoms. The molecule has 278 valence electrons. The molecule has 4 aromatic rings. The van der Waals surface area contributed by atoms with E-state index in [4.69, 9.17) is 9.47 Å². The van der Waals surface area contributed by atoms with E-state index in [1.165, 1.54) is 19.4 Å². The molecular weight excluding hydrogens is 642 g/mol. The summed E-state index contributed by atoms with van der Waals surface area (Å²) < 4.78 is 13.3. The maximum atomic E-state index is 11.4. The first-order valence-corrected chi connectivity index (χ1v) is 18.1. The van der Waals surface area contributed by atoms with E-state index in [2.05, 4.69) is 71.3 Å². The van der Waals surface area contributed by atoms with E-state index < -0.39 is 0 Å². The highest BCUT2D eigenvalue weighted by Crippen LogP contribution is 2.42. The molecule has 2 atom stereocenters. The third kappa shape index (κ3) is 11.0. The van der Waals surface area contributed by atoms with Crippen molar-refractivity contribution in [2.24, 2.45) is 5.41 Å². The van der Waals surface area contributed by atoms with Crippen LogP contribution in [0.5, 0.6) is 5.75 Å². The largest absolute Gasteiger partial charge is 0.508 e. The number of aldehydes is 1. The zero-order chi connectivity index (χ0) is 37.6. The van der Waals surface area contributed by atoms with Crippen LogP contribution in [0.1, 0.15) is 77.2 Å². The van der Waals surface area contributed by atoms with E-state index in [9.17, 15) is 14.7 Å². The molecule has 0 spiro atoms. The number of hydrogen-bond donors (Lipinski definition) is 3. The summed E-state index contributed by atoms with van der Waals surface area (Å²) in [4.78, 5) is 27.0. The molecule has 5 rings (SSSR count). The van der Waals surface area contributed by atoms with Gasteiger partial charge in [-0.25, -0.2) is 5.01 Å². The number of phenolic OH excluding ortho intramolecular Hbond substituents is 1. The molecule has 2 aromatic heterocycles. The quantitative estimate of drug-likeness (QED) is 0.118. The summed E-state index contributed by atoms with van der Waals surface area (Å²) in [5.41, 5.74) is 10.9. The molecule has 0 amide bonds. The van der Waals surface area contributed by atoms with Gasteiger partial charge in [-0.05, 0) is 105 Å². The molecule has 3 N–H and O–H groups in total. The number of carbonyl (C=O) groups excluding carboxylic acids is 2. The van der Waals surface area contributed by atoms with Crippen molar-refractivity contribution < 1.29 is 24.2 Å². The van der Waals surface area contributed by atoms with Gasteiger partial charge >= 0.3 is 0 Å². The van der Waals surface area contributed by atoms with Crippen molar-refractivity contribution in [1.82, 2.24) is 25.3 Å². The fourth-order valence-electron chi connectivity index (χ4n) is 6.55. The Balaban J connectivity index is 0.000000686. The lowest BCUT2D eigenvalue weighted by Crippen LogP contribution is -2.39. The first-order valence-electron chi connectivity index (χ1n) is 18.1. The molecule has 10 heteroatoms. The summed E-state index contributed by atoms with van der Waals surface area (Å²) in [6.45, 7) is 16.2. The fourth-order valence-corrected chi connectivity index (χ4v) is 6.55. The standard InChI is InChI=1S/C34H41N3O5.C5H12N2.C2H6/c1-7-37-32-9-8-24(25-12-23(14-27(40)15-25)13-26(19-38)35-5)16-29(32)30(17-34(3,4)20-42-21-39)33(37)31-18-36-11-10-28(31)22(2)41-6;1-7-5-3-2-4-6-7;1-2/h8-12,14-16,18-19,21-22,26,35,40H,7,13,17,20H2,1-6H3;6H,2-5H2,1H3;1-2H3. The van der Waals surface area contributed by atoms with Crippen LogP contribution < -0.4 is 10.7 Å². The van der Waals surface area contributed by atoms with Crippen LogP contribution in [0.4, 0.5) is 0 Å². The molecule has 0 bridgehead atoms. The van der Waals surface area contributed by atoms with Crippen LogP contribution in [0.15, 0.2) is 54.9 Å². The first-order chi connectivity index (χ1) is 24.5. The van der Waals surface area contributed by atoms with Crippen LogP contribution in [0.2, 0.25) is 0 Å². The highest BCUT2D eigenvalue weighted by molar-refractivity contribution is 5.95. The van der Waals surface area contributed by atoms with Crippen LogP contribution >= 0.6 is 0 Å². The number of aryl methyl sites for hydroxylation is 1. The molecule has 0 aliphatic carbocycles. The number of hydrogen-bond acceptors (Lipinski definition) is 9. The van der Waals surface area contributed by atoms with E-state index in [1.54, 1.807) is 32.5 Å². The average Bonchev–Trinajstić information content (AvgIpc) is 3.45. The van der Waals surface area contributed by atoms with Gasteiger partial charge in [0.25, 0.3) is 6.47 Å². The van der Waals surface area contributed by atoms with Crippen LogP contribution in [-0.2, 0) is 38.4 Å². The number of fused-ring (bicyclic) bond motifs is 1. The second-order valence-corrected chi connectivity index (χ2v) is 13.6. The molecular formula is C41H59N5O5. The van der Waals surface area contributed by atoms with Crippen LogP contribution in [0.3, 0.4) is 0 Å². The SMILES string of the molecule is CC.CCn1c(-c2cnccc2C(C)OC)c(CC(C)(C)COC=O)c2cc(-c3cc(O)cc(CC(C=O)NC)c3)ccc21.CN1CCCCN1. The van der Waals surface area contributed by atoms with Crippen molar-refractivity contribution in [3.8, 4) is 28.1 Å². The predicted molar refractivity (Wildman–Crippen MR) is 207 cm³/mol. The monoisotopic (exact) mass is 701 g/mol. The van der Waals surface area contributed by atoms with Crippen LogP contribution in [0.25, 0.3) is 33.3 Å².